The first-order valence-corrected chi connectivity index (χ1v) is 20.1. The molecule has 0 aliphatic carbocycles. The largest absolute Gasteiger partial charge is 0.481 e. The fraction of sp³-hybridized carbons (Fsp3) is 0.925. The highest BCUT2D eigenvalue weighted by atomic mass is 16.4. The van der Waals surface area contributed by atoms with Crippen molar-refractivity contribution in [2.24, 2.45) is 0 Å². The lowest BCUT2D eigenvalue weighted by Crippen LogP contribution is -2.15. The second kappa shape index (κ2) is 50.7. The van der Waals surface area contributed by atoms with E-state index < -0.39 is 24.0 Å². The van der Waals surface area contributed by atoms with Gasteiger partial charge >= 0.3 is 11.9 Å². The lowest BCUT2D eigenvalue weighted by atomic mass is 10.0. The van der Waals surface area contributed by atoms with E-state index in [9.17, 15) is 9.59 Å². The van der Waals surface area contributed by atoms with Gasteiger partial charge in [0, 0.05) is 19.8 Å². The molecule has 9 nitrogen and oxygen atoms in total. The van der Waals surface area contributed by atoms with Gasteiger partial charge in [-0.15, -0.1) is 0 Å². The maximum Gasteiger partial charge on any atom is 0.303 e. The van der Waals surface area contributed by atoms with Crippen molar-refractivity contribution in [3.63, 3.8) is 0 Å². The average molecular weight is 707 g/mol. The predicted molar refractivity (Wildman–Crippen MR) is 203 cm³/mol. The molecule has 9 heteroatoms. The third kappa shape index (κ3) is 72.9. The van der Waals surface area contributed by atoms with Crippen LogP contribution in [-0.2, 0) is 14.4 Å². The Morgan fingerprint density at radius 1 is 0.388 bits per heavy atom. The fourth-order valence-electron chi connectivity index (χ4n) is 5.18. The molecule has 0 bridgehead atoms. The number of carboxylic acids is 3. The number of rotatable bonds is 33. The predicted octanol–water partition coefficient (Wildman–Crippen LogP) is 10.7. The Bertz CT molecular complexity index is 635. The second-order valence-electron chi connectivity index (χ2n) is 13.4. The van der Waals surface area contributed by atoms with Gasteiger partial charge in [-0.1, -0.05) is 187 Å². The quantitative estimate of drug-likeness (QED) is 0.0363. The van der Waals surface area contributed by atoms with Gasteiger partial charge in [-0.25, -0.2) is 0 Å². The number of unbranched alkanes of at least 4 members (excludes halogenated alkanes) is 27. The van der Waals surface area contributed by atoms with Gasteiger partial charge in [0.2, 0.25) is 0 Å². The molecule has 0 radical (unpaired) electrons. The maximum absolute atomic E-state index is 10.3. The monoisotopic (exact) mass is 707 g/mol. The maximum atomic E-state index is 10.3. The minimum absolute atomic E-state index is 0.345. The van der Waals surface area contributed by atoms with Gasteiger partial charge in [0.25, 0.3) is 5.97 Å². The molecule has 0 saturated carbocycles. The Morgan fingerprint density at radius 3 is 0.673 bits per heavy atom. The van der Waals surface area contributed by atoms with Crippen molar-refractivity contribution in [3.8, 4) is 0 Å². The van der Waals surface area contributed by atoms with E-state index in [-0.39, 0.29) is 13.2 Å². The van der Waals surface area contributed by atoms with Gasteiger partial charge in [-0.05, 0) is 12.8 Å². The van der Waals surface area contributed by atoms with Crippen LogP contribution < -0.4 is 0 Å². The summed E-state index contributed by atoms with van der Waals surface area (Å²) in [6.07, 6.45) is 38.0. The van der Waals surface area contributed by atoms with Crippen molar-refractivity contribution in [1.29, 1.82) is 0 Å². The Kier molecular flexibility index (Phi) is 55.9. The highest BCUT2D eigenvalue weighted by Gasteiger charge is 1.98. The zero-order valence-corrected chi connectivity index (χ0v) is 32.3. The van der Waals surface area contributed by atoms with Gasteiger partial charge in [-0.3, -0.25) is 14.4 Å². The van der Waals surface area contributed by atoms with Crippen LogP contribution in [-0.4, -0.2) is 67.9 Å². The van der Waals surface area contributed by atoms with E-state index in [1.807, 2.05) is 0 Å². The molecule has 0 saturated heterocycles. The highest BCUT2D eigenvalue weighted by molar-refractivity contribution is 5.66. The van der Waals surface area contributed by atoms with Crippen LogP contribution in [0.5, 0.6) is 0 Å². The Balaban J connectivity index is -0.000000324. The Morgan fingerprint density at radius 2 is 0.551 bits per heavy atom. The molecular weight excluding hydrogens is 624 g/mol. The van der Waals surface area contributed by atoms with E-state index in [0.29, 0.717) is 12.8 Å². The third-order valence-corrected chi connectivity index (χ3v) is 8.16. The summed E-state index contributed by atoms with van der Waals surface area (Å²) in [7, 11) is 0. The summed E-state index contributed by atoms with van der Waals surface area (Å²) in [5, 5.41) is 48.5. The van der Waals surface area contributed by atoms with Crippen LogP contribution >= 0.6 is 0 Å². The molecule has 0 rings (SSSR count). The molecule has 0 aromatic rings. The summed E-state index contributed by atoms with van der Waals surface area (Å²) in [5.74, 6) is -2.14. The smallest absolute Gasteiger partial charge is 0.303 e. The first-order chi connectivity index (χ1) is 23.6. The van der Waals surface area contributed by atoms with Gasteiger partial charge in [0.1, 0.15) is 6.10 Å². The molecule has 0 aliphatic heterocycles. The number of aliphatic hydroxyl groups excluding tert-OH is 3. The van der Waals surface area contributed by atoms with E-state index in [1.54, 1.807) is 0 Å². The summed E-state index contributed by atoms with van der Waals surface area (Å²) in [4.78, 5) is 29.7. The third-order valence-electron chi connectivity index (χ3n) is 8.16. The van der Waals surface area contributed by atoms with Gasteiger partial charge < -0.3 is 30.6 Å². The van der Waals surface area contributed by atoms with Crippen molar-refractivity contribution in [2.45, 2.75) is 226 Å². The standard InChI is InChI=1S/C18H36O2.C17H34O2.C3H8O3.C2H4O2/c1-2-3-4-5-6-7-8-9-10-11-12-13-14-15-16-17-18(19)20;1-2-3-4-5-6-7-8-9-10-11-12-13-14-15-16-17(18)19;4-1-3(6)2-5;1-2(3)4/h2-17H2,1H3,(H,19,20);2-16H2,1H3,(H,18,19);3-6H,1-2H2;1H3,(H,3,4). The van der Waals surface area contributed by atoms with Crippen LogP contribution in [0, 0.1) is 0 Å². The SMILES string of the molecule is CC(=O)O.CCCCCCCCCCCCCCCCC(=O)O.CCCCCCCCCCCCCCCCCC(=O)O.OCC(O)CO. The van der Waals surface area contributed by atoms with E-state index >= 15 is 0 Å². The van der Waals surface area contributed by atoms with Gasteiger partial charge in [-0.2, -0.15) is 0 Å². The summed E-state index contributed by atoms with van der Waals surface area (Å²) < 4.78 is 0. The minimum Gasteiger partial charge on any atom is -0.481 e. The zero-order chi connectivity index (χ0) is 37.6. The average Bonchev–Trinajstić information content (AvgIpc) is 3.06. The summed E-state index contributed by atoms with van der Waals surface area (Å²) in [5.41, 5.74) is 0. The molecule has 0 aromatic carbocycles. The number of aliphatic carboxylic acids is 3. The van der Waals surface area contributed by atoms with Crippen LogP contribution in [0.15, 0.2) is 0 Å². The minimum atomic E-state index is -0.954. The van der Waals surface area contributed by atoms with Crippen molar-refractivity contribution in [2.75, 3.05) is 13.2 Å². The Hall–Kier alpha value is -1.71. The van der Waals surface area contributed by atoms with Crippen molar-refractivity contribution < 1.29 is 45.0 Å². The first kappa shape index (κ1) is 54.1. The molecule has 0 fully saturated rings. The number of aliphatic hydroxyl groups is 3. The molecular formula is C40H82O9. The van der Waals surface area contributed by atoms with Gasteiger partial charge in [0.05, 0.1) is 13.2 Å². The summed E-state index contributed by atoms with van der Waals surface area (Å²) >= 11 is 0. The first-order valence-electron chi connectivity index (χ1n) is 20.1. The zero-order valence-electron chi connectivity index (χ0n) is 32.3. The number of hydrogen-bond donors (Lipinski definition) is 6. The van der Waals surface area contributed by atoms with E-state index in [4.69, 9.17) is 35.4 Å². The molecule has 49 heavy (non-hydrogen) atoms. The molecule has 0 amide bonds. The molecule has 0 aromatic heterocycles. The molecule has 296 valence electrons. The highest BCUT2D eigenvalue weighted by Crippen LogP contribution is 2.15. The van der Waals surface area contributed by atoms with Crippen molar-refractivity contribution >= 4 is 17.9 Å². The number of carbonyl (C=O) groups is 3. The lowest BCUT2D eigenvalue weighted by molar-refractivity contribution is -0.138. The summed E-state index contributed by atoms with van der Waals surface area (Å²) in [6.45, 7) is 4.89. The second-order valence-corrected chi connectivity index (χ2v) is 13.4. The topological polar surface area (TPSA) is 173 Å². The molecule has 6 N–H and O–H groups in total. The van der Waals surface area contributed by atoms with Gasteiger partial charge in [0.15, 0.2) is 0 Å². The Labute approximate surface area is 301 Å². The van der Waals surface area contributed by atoms with E-state index in [1.165, 1.54) is 161 Å². The van der Waals surface area contributed by atoms with Crippen LogP contribution in [0.1, 0.15) is 220 Å². The molecule has 0 atom stereocenters. The number of hydrogen-bond acceptors (Lipinski definition) is 6. The number of carboxylic acid groups (broad SMARTS) is 3. The molecule has 0 unspecified atom stereocenters. The molecule has 0 spiro atoms. The van der Waals surface area contributed by atoms with E-state index in [0.717, 1.165) is 32.6 Å². The molecule has 0 heterocycles. The lowest BCUT2D eigenvalue weighted by Gasteiger charge is -2.03. The van der Waals surface area contributed by atoms with Crippen molar-refractivity contribution in [1.82, 2.24) is 0 Å². The normalized spacial score (nSPS) is 10.3. The van der Waals surface area contributed by atoms with E-state index in [2.05, 4.69) is 13.8 Å². The van der Waals surface area contributed by atoms with Crippen LogP contribution in [0.25, 0.3) is 0 Å². The fourth-order valence-corrected chi connectivity index (χ4v) is 5.18. The molecule has 0 aliphatic rings. The van der Waals surface area contributed by atoms with Crippen LogP contribution in [0.4, 0.5) is 0 Å². The van der Waals surface area contributed by atoms with Crippen molar-refractivity contribution in [3.05, 3.63) is 0 Å². The van der Waals surface area contributed by atoms with Crippen LogP contribution in [0.3, 0.4) is 0 Å². The summed E-state index contributed by atoms with van der Waals surface area (Å²) in [6, 6.07) is 0. The van der Waals surface area contributed by atoms with Crippen LogP contribution in [0.2, 0.25) is 0 Å².